The van der Waals surface area contributed by atoms with Crippen LogP contribution in [0.4, 0.5) is 5.69 Å². The van der Waals surface area contributed by atoms with E-state index in [4.69, 9.17) is 21.7 Å². The van der Waals surface area contributed by atoms with Crippen LogP contribution in [0.1, 0.15) is 30.6 Å². The first-order valence-corrected chi connectivity index (χ1v) is 9.96. The van der Waals surface area contributed by atoms with Crippen molar-refractivity contribution in [2.24, 2.45) is 0 Å². The van der Waals surface area contributed by atoms with Crippen molar-refractivity contribution >= 4 is 33.9 Å². The smallest absolute Gasteiger partial charge is 0.174 e. The number of ether oxygens (including phenoxy) is 2. The molecule has 1 atom stereocenters. The Hall–Kier alpha value is -2.73. The molecule has 0 saturated carbocycles. The Labute approximate surface area is 170 Å². The summed E-state index contributed by atoms with van der Waals surface area (Å²) in [6.45, 7) is 3.08. The molecule has 0 amide bonds. The van der Waals surface area contributed by atoms with E-state index in [1.165, 1.54) is 22.2 Å². The average Bonchev–Trinajstić information content (AvgIpc) is 3.11. The fraction of sp³-hybridized carbons (Fsp3) is 0.318. The van der Waals surface area contributed by atoms with Gasteiger partial charge in [-0.2, -0.15) is 0 Å². The van der Waals surface area contributed by atoms with Gasteiger partial charge < -0.3 is 24.7 Å². The molecule has 28 heavy (non-hydrogen) atoms. The summed E-state index contributed by atoms with van der Waals surface area (Å²) >= 11 is 5.80. The molecule has 146 valence electrons. The Balaban J connectivity index is 1.63. The Morgan fingerprint density at radius 2 is 2.04 bits per heavy atom. The number of nitrogens with one attached hydrogen (secondary N) is 2. The first-order valence-electron chi connectivity index (χ1n) is 9.55. The third-order valence-corrected chi connectivity index (χ3v) is 5.79. The second-order valence-electron chi connectivity index (χ2n) is 6.93. The Morgan fingerprint density at radius 1 is 1.21 bits per heavy atom. The summed E-state index contributed by atoms with van der Waals surface area (Å²) in [5.41, 5.74) is 4.70. The zero-order valence-electron chi connectivity index (χ0n) is 16.4. The highest BCUT2D eigenvalue weighted by Gasteiger charge is 2.30. The van der Waals surface area contributed by atoms with E-state index in [-0.39, 0.29) is 6.04 Å². The van der Waals surface area contributed by atoms with Gasteiger partial charge in [-0.25, -0.2) is 0 Å². The van der Waals surface area contributed by atoms with Crippen LogP contribution >= 0.6 is 12.2 Å². The van der Waals surface area contributed by atoms with Gasteiger partial charge in [0.05, 0.1) is 25.9 Å². The van der Waals surface area contributed by atoms with Gasteiger partial charge in [0.15, 0.2) is 5.11 Å². The minimum absolute atomic E-state index is 0.216. The zero-order valence-corrected chi connectivity index (χ0v) is 17.2. The van der Waals surface area contributed by atoms with Crippen LogP contribution in [0.15, 0.2) is 42.5 Å². The number of methoxy groups -OCH3 is 2. The van der Waals surface area contributed by atoms with Crippen LogP contribution in [0.3, 0.4) is 0 Å². The molecule has 2 heterocycles. The van der Waals surface area contributed by atoms with E-state index in [9.17, 15) is 0 Å². The van der Waals surface area contributed by atoms with E-state index < -0.39 is 0 Å². The number of para-hydroxylation sites is 1. The third-order valence-electron chi connectivity index (χ3n) is 5.45. The van der Waals surface area contributed by atoms with Gasteiger partial charge in [0.2, 0.25) is 0 Å². The number of rotatable bonds is 4. The van der Waals surface area contributed by atoms with Crippen molar-refractivity contribution in [3.8, 4) is 11.5 Å². The molecule has 2 aromatic carbocycles. The van der Waals surface area contributed by atoms with Gasteiger partial charge >= 0.3 is 0 Å². The largest absolute Gasteiger partial charge is 0.497 e. The SMILES string of the molecule is CCC1c2[nH]c3ccccc3c2CCN1C(=S)Nc1cc(OC)ccc1OC. The zero-order chi connectivity index (χ0) is 19.7. The summed E-state index contributed by atoms with van der Waals surface area (Å²) in [4.78, 5) is 5.90. The Kier molecular flexibility index (Phi) is 5.13. The van der Waals surface area contributed by atoms with Crippen LogP contribution in [-0.4, -0.2) is 35.8 Å². The molecule has 0 spiro atoms. The number of thiocarbonyl (C=S) groups is 1. The molecule has 1 aliphatic rings. The van der Waals surface area contributed by atoms with E-state index in [0.717, 1.165) is 36.6 Å². The highest BCUT2D eigenvalue weighted by atomic mass is 32.1. The standard InChI is InChI=1S/C22H25N3O2S/c1-4-19-21-16(15-7-5-6-8-17(15)23-21)11-12-25(19)22(28)24-18-13-14(26-2)9-10-20(18)27-3/h5-10,13,19,23H,4,11-12H2,1-3H3,(H,24,28). The quantitative estimate of drug-likeness (QED) is 0.616. The van der Waals surface area contributed by atoms with Crippen molar-refractivity contribution in [3.05, 3.63) is 53.7 Å². The molecule has 0 bridgehead atoms. The monoisotopic (exact) mass is 395 g/mol. The summed E-state index contributed by atoms with van der Waals surface area (Å²) in [7, 11) is 3.31. The maximum absolute atomic E-state index is 5.80. The van der Waals surface area contributed by atoms with Crippen molar-refractivity contribution < 1.29 is 9.47 Å². The maximum atomic E-state index is 5.80. The second-order valence-corrected chi connectivity index (χ2v) is 7.31. The van der Waals surface area contributed by atoms with Crippen molar-refractivity contribution in [2.75, 3.05) is 26.1 Å². The number of fused-ring (bicyclic) bond motifs is 3. The average molecular weight is 396 g/mol. The molecule has 1 unspecified atom stereocenters. The number of hydrogen-bond acceptors (Lipinski definition) is 3. The predicted molar refractivity (Wildman–Crippen MR) is 118 cm³/mol. The topological polar surface area (TPSA) is 49.5 Å². The fourth-order valence-electron chi connectivity index (χ4n) is 4.08. The van der Waals surface area contributed by atoms with E-state index >= 15 is 0 Å². The van der Waals surface area contributed by atoms with E-state index in [2.05, 4.69) is 46.4 Å². The lowest BCUT2D eigenvalue weighted by molar-refractivity contribution is 0.291. The van der Waals surface area contributed by atoms with E-state index in [1.54, 1.807) is 14.2 Å². The molecule has 0 fully saturated rings. The van der Waals surface area contributed by atoms with E-state index in [0.29, 0.717) is 5.11 Å². The predicted octanol–water partition coefficient (Wildman–Crippen LogP) is 4.89. The van der Waals surface area contributed by atoms with E-state index in [1.807, 2.05) is 18.2 Å². The molecular formula is C22H25N3O2S. The van der Waals surface area contributed by atoms with Crippen molar-refractivity contribution in [2.45, 2.75) is 25.8 Å². The van der Waals surface area contributed by atoms with Crippen molar-refractivity contribution in [1.29, 1.82) is 0 Å². The van der Waals surface area contributed by atoms with Gasteiger partial charge in [-0.05, 0) is 48.8 Å². The molecular weight excluding hydrogens is 370 g/mol. The lowest BCUT2D eigenvalue weighted by Crippen LogP contribution is -2.42. The molecule has 2 N–H and O–H groups in total. The van der Waals surface area contributed by atoms with Gasteiger partial charge in [-0.3, -0.25) is 0 Å². The third kappa shape index (κ3) is 3.18. The van der Waals surface area contributed by atoms with Crippen LogP contribution in [0.5, 0.6) is 11.5 Å². The number of nitrogens with zero attached hydrogens (tertiary/aromatic N) is 1. The number of aromatic nitrogens is 1. The normalized spacial score (nSPS) is 16.0. The number of anilines is 1. The van der Waals surface area contributed by atoms with Crippen LogP contribution in [-0.2, 0) is 6.42 Å². The summed E-state index contributed by atoms with van der Waals surface area (Å²) < 4.78 is 10.8. The molecule has 0 aliphatic carbocycles. The summed E-state index contributed by atoms with van der Waals surface area (Å²) in [6.07, 6.45) is 1.93. The summed E-state index contributed by atoms with van der Waals surface area (Å²) in [6, 6.07) is 14.4. The van der Waals surface area contributed by atoms with Crippen molar-refractivity contribution in [3.63, 3.8) is 0 Å². The molecule has 5 nitrogen and oxygen atoms in total. The lowest BCUT2D eigenvalue weighted by Gasteiger charge is -2.37. The first-order chi connectivity index (χ1) is 13.7. The van der Waals surface area contributed by atoms with Gasteiger partial charge in [-0.1, -0.05) is 25.1 Å². The van der Waals surface area contributed by atoms with Gasteiger partial charge in [0, 0.05) is 29.2 Å². The lowest BCUT2D eigenvalue weighted by atomic mass is 9.96. The number of aromatic amines is 1. The molecule has 3 aromatic rings. The van der Waals surface area contributed by atoms with Crippen LogP contribution in [0.25, 0.3) is 10.9 Å². The number of hydrogen-bond donors (Lipinski definition) is 2. The Morgan fingerprint density at radius 3 is 2.79 bits per heavy atom. The number of H-pyrrole nitrogens is 1. The van der Waals surface area contributed by atoms with Gasteiger partial charge in [0.25, 0.3) is 0 Å². The summed E-state index contributed by atoms with van der Waals surface area (Å²) in [5, 5.41) is 5.39. The maximum Gasteiger partial charge on any atom is 0.174 e. The number of benzene rings is 2. The molecule has 0 saturated heterocycles. The minimum Gasteiger partial charge on any atom is -0.497 e. The molecule has 1 aromatic heterocycles. The van der Waals surface area contributed by atoms with Gasteiger partial charge in [-0.15, -0.1) is 0 Å². The minimum atomic E-state index is 0.216. The van der Waals surface area contributed by atoms with Crippen molar-refractivity contribution in [1.82, 2.24) is 9.88 Å². The fourth-order valence-corrected chi connectivity index (χ4v) is 4.41. The van der Waals surface area contributed by atoms with Crippen LogP contribution in [0.2, 0.25) is 0 Å². The highest BCUT2D eigenvalue weighted by molar-refractivity contribution is 7.80. The van der Waals surface area contributed by atoms with Crippen LogP contribution in [0, 0.1) is 0 Å². The highest BCUT2D eigenvalue weighted by Crippen LogP contribution is 2.37. The van der Waals surface area contributed by atoms with Gasteiger partial charge in [0.1, 0.15) is 11.5 Å². The summed E-state index contributed by atoms with van der Waals surface area (Å²) in [5.74, 6) is 1.49. The first kappa shape index (κ1) is 18.6. The van der Waals surface area contributed by atoms with Crippen LogP contribution < -0.4 is 14.8 Å². The molecule has 4 rings (SSSR count). The second kappa shape index (κ2) is 7.72. The Bertz CT molecular complexity index is 1010. The molecule has 6 heteroatoms. The molecule has 1 aliphatic heterocycles. The molecule has 0 radical (unpaired) electrons.